The van der Waals surface area contributed by atoms with E-state index in [0.717, 1.165) is 23.8 Å². The summed E-state index contributed by atoms with van der Waals surface area (Å²) in [4.78, 5) is 2.38. The Kier molecular flexibility index (Phi) is 6.49. The summed E-state index contributed by atoms with van der Waals surface area (Å²) in [6, 6.07) is 7.89. The van der Waals surface area contributed by atoms with Crippen molar-refractivity contribution in [2.24, 2.45) is 5.92 Å². The third-order valence-electron chi connectivity index (χ3n) is 4.18. The number of hydrogen-bond donors (Lipinski definition) is 2. The second kappa shape index (κ2) is 8.37. The van der Waals surface area contributed by atoms with E-state index in [1.165, 1.54) is 25.9 Å². The van der Waals surface area contributed by atoms with Crippen LogP contribution in [0.25, 0.3) is 0 Å². The largest absolute Gasteiger partial charge is 0.491 e. The molecule has 1 atom stereocenters. The van der Waals surface area contributed by atoms with Gasteiger partial charge in [0.2, 0.25) is 0 Å². The molecule has 0 radical (unpaired) electrons. The molecule has 1 fully saturated rings. The Balaban J connectivity index is 1.59. The fourth-order valence-corrected chi connectivity index (χ4v) is 2.68. The highest BCUT2D eigenvalue weighted by Crippen LogP contribution is 2.16. The average molecular weight is 292 g/mol. The smallest absolute Gasteiger partial charge is 0.122 e. The fraction of sp³-hybridized carbons (Fsp3) is 0.647. The summed E-state index contributed by atoms with van der Waals surface area (Å²) in [6.07, 6.45) is 2.04. The number of nitrogens with zero attached hydrogens (tertiary/aromatic N) is 1. The van der Waals surface area contributed by atoms with Gasteiger partial charge in [-0.25, -0.2) is 0 Å². The highest BCUT2D eigenvalue weighted by molar-refractivity contribution is 5.31. The molecule has 4 heteroatoms. The molecule has 0 aromatic heterocycles. The first kappa shape index (κ1) is 16.3. The first-order valence-corrected chi connectivity index (χ1v) is 7.91. The summed E-state index contributed by atoms with van der Waals surface area (Å²) in [5.74, 6) is 1.59. The molecule has 21 heavy (non-hydrogen) atoms. The van der Waals surface area contributed by atoms with E-state index < -0.39 is 6.10 Å². The van der Waals surface area contributed by atoms with Gasteiger partial charge in [-0.1, -0.05) is 18.2 Å². The number of hydrogen-bond acceptors (Lipinski definition) is 4. The molecular formula is C17H28N2O2. The second-order valence-electron chi connectivity index (χ2n) is 6.14. The highest BCUT2D eigenvalue weighted by Gasteiger charge is 2.16. The number of benzene rings is 1. The maximum atomic E-state index is 9.98. The molecule has 118 valence electrons. The summed E-state index contributed by atoms with van der Waals surface area (Å²) in [6.45, 7) is 6.31. The van der Waals surface area contributed by atoms with Crippen molar-refractivity contribution in [2.75, 3.05) is 39.8 Å². The zero-order chi connectivity index (χ0) is 15.1. The third kappa shape index (κ3) is 5.65. The van der Waals surface area contributed by atoms with E-state index >= 15 is 0 Å². The van der Waals surface area contributed by atoms with Crippen molar-refractivity contribution in [1.82, 2.24) is 10.2 Å². The lowest BCUT2D eigenvalue weighted by atomic mass is 9.97. The van der Waals surface area contributed by atoms with Crippen molar-refractivity contribution in [3.05, 3.63) is 29.8 Å². The van der Waals surface area contributed by atoms with Gasteiger partial charge in [0.1, 0.15) is 18.5 Å². The van der Waals surface area contributed by atoms with Gasteiger partial charge in [-0.05, 0) is 64.0 Å². The Morgan fingerprint density at radius 2 is 2.05 bits per heavy atom. The number of aliphatic hydroxyl groups is 1. The predicted octanol–water partition coefficient (Wildman–Crippen LogP) is 1.67. The Morgan fingerprint density at radius 1 is 1.33 bits per heavy atom. The number of piperidine rings is 1. The quantitative estimate of drug-likeness (QED) is 0.802. The monoisotopic (exact) mass is 292 g/mol. The van der Waals surface area contributed by atoms with Crippen LogP contribution in [0.2, 0.25) is 0 Å². The van der Waals surface area contributed by atoms with E-state index in [1.54, 1.807) is 0 Å². The van der Waals surface area contributed by atoms with Gasteiger partial charge in [-0.3, -0.25) is 0 Å². The van der Waals surface area contributed by atoms with E-state index in [-0.39, 0.29) is 0 Å². The van der Waals surface area contributed by atoms with Crippen LogP contribution in [0.1, 0.15) is 18.4 Å². The van der Waals surface area contributed by atoms with Crippen LogP contribution in [0.15, 0.2) is 24.3 Å². The third-order valence-corrected chi connectivity index (χ3v) is 4.18. The van der Waals surface area contributed by atoms with Crippen LogP contribution in [0.4, 0.5) is 0 Å². The number of aliphatic hydroxyl groups excluding tert-OH is 1. The molecular weight excluding hydrogens is 264 g/mol. The summed E-state index contributed by atoms with van der Waals surface area (Å²) >= 11 is 0. The second-order valence-corrected chi connectivity index (χ2v) is 6.14. The zero-order valence-corrected chi connectivity index (χ0v) is 13.2. The van der Waals surface area contributed by atoms with Crippen molar-refractivity contribution < 1.29 is 9.84 Å². The molecule has 0 aliphatic carbocycles. The minimum Gasteiger partial charge on any atom is -0.491 e. The van der Waals surface area contributed by atoms with Gasteiger partial charge >= 0.3 is 0 Å². The average Bonchev–Trinajstić information content (AvgIpc) is 2.48. The van der Waals surface area contributed by atoms with E-state index in [2.05, 4.69) is 17.3 Å². The van der Waals surface area contributed by atoms with E-state index in [4.69, 9.17) is 4.74 Å². The predicted molar refractivity (Wildman–Crippen MR) is 85.8 cm³/mol. The van der Waals surface area contributed by atoms with Crippen LogP contribution in [0.3, 0.4) is 0 Å². The molecule has 0 bridgehead atoms. The van der Waals surface area contributed by atoms with Gasteiger partial charge in [0.25, 0.3) is 0 Å². The Labute approximate surface area is 128 Å². The normalized spacial score (nSPS) is 18.6. The van der Waals surface area contributed by atoms with Crippen molar-refractivity contribution in [1.29, 1.82) is 0 Å². The van der Waals surface area contributed by atoms with Gasteiger partial charge in [0, 0.05) is 6.54 Å². The molecule has 0 amide bonds. The van der Waals surface area contributed by atoms with Crippen LogP contribution in [0.5, 0.6) is 5.75 Å². The molecule has 2 rings (SSSR count). The van der Waals surface area contributed by atoms with Crippen molar-refractivity contribution >= 4 is 0 Å². The van der Waals surface area contributed by atoms with Gasteiger partial charge in [0.05, 0.1) is 0 Å². The number of nitrogens with one attached hydrogen (secondary N) is 1. The van der Waals surface area contributed by atoms with Crippen LogP contribution in [0, 0.1) is 12.8 Å². The molecule has 1 aliphatic rings. The number of likely N-dealkylation sites (tertiary alicyclic amines) is 1. The number of para-hydroxylation sites is 1. The Hall–Kier alpha value is -1.10. The number of ether oxygens (including phenoxy) is 1. The molecule has 1 heterocycles. The number of rotatable bonds is 7. The maximum Gasteiger partial charge on any atom is 0.122 e. The lowest BCUT2D eigenvalue weighted by Gasteiger charge is -2.29. The highest BCUT2D eigenvalue weighted by atomic mass is 16.5. The van der Waals surface area contributed by atoms with Gasteiger partial charge in [-0.2, -0.15) is 0 Å². The van der Waals surface area contributed by atoms with Gasteiger partial charge < -0.3 is 20.1 Å². The molecule has 1 unspecified atom stereocenters. The molecule has 4 nitrogen and oxygen atoms in total. The Bertz CT molecular complexity index is 417. The van der Waals surface area contributed by atoms with Crippen LogP contribution < -0.4 is 10.1 Å². The summed E-state index contributed by atoms with van der Waals surface area (Å²) in [7, 11) is 2.18. The van der Waals surface area contributed by atoms with Gasteiger partial charge in [0.15, 0.2) is 0 Å². The molecule has 1 aromatic rings. The standard InChI is InChI=1S/C17H28N2O2/c1-14-5-3-4-6-17(14)21-13-16(20)12-18-11-15-7-9-19(2)10-8-15/h3-6,15-16,18,20H,7-13H2,1-2H3. The molecule has 1 aliphatic heterocycles. The van der Waals surface area contributed by atoms with Crippen LogP contribution in [-0.4, -0.2) is 55.9 Å². The lowest BCUT2D eigenvalue weighted by molar-refractivity contribution is 0.103. The minimum absolute atomic E-state index is 0.339. The summed E-state index contributed by atoms with van der Waals surface area (Å²) in [5.41, 5.74) is 1.10. The zero-order valence-electron chi connectivity index (χ0n) is 13.2. The fourth-order valence-electron chi connectivity index (χ4n) is 2.68. The van der Waals surface area contributed by atoms with Crippen molar-refractivity contribution in [2.45, 2.75) is 25.9 Å². The maximum absolute atomic E-state index is 9.98. The van der Waals surface area contributed by atoms with Crippen LogP contribution >= 0.6 is 0 Å². The molecule has 0 saturated carbocycles. The van der Waals surface area contributed by atoms with E-state index in [1.807, 2.05) is 31.2 Å². The molecule has 0 spiro atoms. The molecule has 1 saturated heterocycles. The molecule has 1 aromatic carbocycles. The van der Waals surface area contributed by atoms with Crippen LogP contribution in [-0.2, 0) is 0 Å². The van der Waals surface area contributed by atoms with E-state index in [9.17, 15) is 5.11 Å². The topological polar surface area (TPSA) is 44.7 Å². The minimum atomic E-state index is -0.462. The van der Waals surface area contributed by atoms with Crippen molar-refractivity contribution in [3.8, 4) is 5.75 Å². The lowest BCUT2D eigenvalue weighted by Crippen LogP contribution is -2.38. The van der Waals surface area contributed by atoms with Gasteiger partial charge in [-0.15, -0.1) is 0 Å². The SMILES string of the molecule is Cc1ccccc1OCC(O)CNCC1CCN(C)CC1. The molecule has 2 N–H and O–H groups in total. The van der Waals surface area contributed by atoms with Crippen molar-refractivity contribution in [3.63, 3.8) is 0 Å². The summed E-state index contributed by atoms with van der Waals surface area (Å²) < 4.78 is 5.66. The van der Waals surface area contributed by atoms with E-state index in [0.29, 0.717) is 13.2 Å². The summed E-state index contributed by atoms with van der Waals surface area (Å²) in [5, 5.41) is 13.3. The first-order chi connectivity index (χ1) is 10.1. The Morgan fingerprint density at radius 3 is 2.76 bits per heavy atom. The number of aryl methyl sites for hydroxylation is 1. The first-order valence-electron chi connectivity index (χ1n) is 7.91.